The smallest absolute Gasteiger partial charge is 0.262 e. The molecular weight excluding hydrogens is 430 g/mol. The third-order valence-electron chi connectivity index (χ3n) is 5.27. The molecule has 0 amide bonds. The van der Waals surface area contributed by atoms with Gasteiger partial charge in [-0.2, -0.15) is 0 Å². The number of rotatable bonds is 7. The maximum atomic E-state index is 12.6. The van der Waals surface area contributed by atoms with E-state index in [0.29, 0.717) is 34.7 Å². The van der Waals surface area contributed by atoms with Gasteiger partial charge in [0.05, 0.1) is 33.7 Å². The molecule has 0 radical (unpaired) electrons. The summed E-state index contributed by atoms with van der Waals surface area (Å²) in [5.41, 5.74) is 1.97. The first-order valence-corrected chi connectivity index (χ1v) is 11.6. The van der Waals surface area contributed by atoms with Gasteiger partial charge in [-0.25, -0.2) is 12.7 Å². The molecule has 0 aliphatic rings. The molecule has 168 valence electrons. The summed E-state index contributed by atoms with van der Waals surface area (Å²) < 4.78 is 29.7. The molecule has 4 rings (SSSR count). The number of hydrogen-bond acceptors (Lipinski definition) is 7. The Labute approximate surface area is 185 Å². The number of benzene rings is 2. The van der Waals surface area contributed by atoms with Crippen LogP contribution >= 0.6 is 0 Å². The maximum absolute atomic E-state index is 12.6. The fraction of sp³-hybridized carbons (Fsp3) is 0.286. The van der Waals surface area contributed by atoms with Crippen molar-refractivity contribution < 1.29 is 8.42 Å². The molecule has 0 spiro atoms. The van der Waals surface area contributed by atoms with Gasteiger partial charge in [-0.1, -0.05) is 12.1 Å². The number of fused-ring (bicyclic) bond motifs is 3. The highest BCUT2D eigenvalue weighted by atomic mass is 32.2. The second kappa shape index (κ2) is 8.24. The lowest BCUT2D eigenvalue weighted by Gasteiger charge is -2.17. The Bertz CT molecular complexity index is 1470. The van der Waals surface area contributed by atoms with E-state index in [9.17, 15) is 13.2 Å². The average molecular weight is 456 g/mol. The molecule has 10 nitrogen and oxygen atoms in total. The molecule has 0 aliphatic heterocycles. The van der Waals surface area contributed by atoms with E-state index in [4.69, 9.17) is 0 Å². The Balaban J connectivity index is 1.78. The Morgan fingerprint density at radius 2 is 1.78 bits per heavy atom. The number of aromatic nitrogens is 4. The summed E-state index contributed by atoms with van der Waals surface area (Å²) in [5, 5.41) is 15.6. The summed E-state index contributed by atoms with van der Waals surface area (Å²) in [6, 6.07) is 12.2. The molecule has 0 fully saturated rings. The van der Waals surface area contributed by atoms with Crippen molar-refractivity contribution in [1.82, 2.24) is 23.5 Å². The first kappa shape index (κ1) is 21.8. The lowest BCUT2D eigenvalue weighted by atomic mass is 10.2. The van der Waals surface area contributed by atoms with Crippen molar-refractivity contribution in [2.24, 2.45) is 7.05 Å². The van der Waals surface area contributed by atoms with Crippen LogP contribution in [0.25, 0.3) is 16.7 Å². The van der Waals surface area contributed by atoms with Gasteiger partial charge in [-0.3, -0.25) is 13.8 Å². The topological polar surface area (TPSA) is 114 Å². The van der Waals surface area contributed by atoms with E-state index < -0.39 is 10.0 Å². The van der Waals surface area contributed by atoms with Gasteiger partial charge >= 0.3 is 0 Å². The molecule has 0 aliphatic carbocycles. The molecule has 2 aromatic carbocycles. The van der Waals surface area contributed by atoms with Gasteiger partial charge < -0.3 is 10.6 Å². The Kier molecular flexibility index (Phi) is 5.61. The number of para-hydroxylation sites is 1. The van der Waals surface area contributed by atoms with E-state index in [0.717, 1.165) is 5.69 Å². The lowest BCUT2D eigenvalue weighted by molar-refractivity contribution is 0.521. The van der Waals surface area contributed by atoms with Crippen molar-refractivity contribution in [3.05, 3.63) is 58.6 Å². The van der Waals surface area contributed by atoms with Crippen LogP contribution in [0.4, 0.5) is 11.4 Å². The number of nitrogens with one attached hydrogen (secondary N) is 2. The summed E-state index contributed by atoms with van der Waals surface area (Å²) in [6.07, 6.45) is 0. The minimum Gasteiger partial charge on any atom is -0.384 e. The molecule has 0 atom stereocenters. The highest BCUT2D eigenvalue weighted by Gasteiger charge is 2.19. The highest BCUT2D eigenvalue weighted by molar-refractivity contribution is 7.89. The molecule has 11 heteroatoms. The normalized spacial score (nSPS) is 12.0. The molecule has 0 bridgehead atoms. The Morgan fingerprint density at radius 1 is 1.03 bits per heavy atom. The monoisotopic (exact) mass is 455 g/mol. The van der Waals surface area contributed by atoms with Crippen LogP contribution in [-0.4, -0.2) is 52.5 Å². The van der Waals surface area contributed by atoms with Crippen LogP contribution in [-0.2, 0) is 23.6 Å². The van der Waals surface area contributed by atoms with Gasteiger partial charge in [0.2, 0.25) is 15.8 Å². The van der Waals surface area contributed by atoms with Crippen LogP contribution in [0.2, 0.25) is 0 Å². The highest BCUT2D eigenvalue weighted by Crippen LogP contribution is 2.27. The van der Waals surface area contributed by atoms with Gasteiger partial charge in [0, 0.05) is 27.7 Å². The van der Waals surface area contributed by atoms with Gasteiger partial charge in [0.25, 0.3) is 5.56 Å². The molecule has 4 aromatic rings. The number of sulfonamides is 1. The second-order valence-electron chi connectivity index (χ2n) is 7.51. The average Bonchev–Trinajstić information content (AvgIpc) is 3.21. The summed E-state index contributed by atoms with van der Waals surface area (Å²) >= 11 is 0. The first-order chi connectivity index (χ1) is 15.3. The summed E-state index contributed by atoms with van der Waals surface area (Å²) in [4.78, 5) is 12.8. The van der Waals surface area contributed by atoms with Crippen LogP contribution in [0.5, 0.6) is 0 Å². The molecule has 0 saturated carbocycles. The lowest BCUT2D eigenvalue weighted by Crippen LogP contribution is -2.22. The largest absolute Gasteiger partial charge is 0.384 e. The number of hydrogen-bond donors (Lipinski definition) is 2. The van der Waals surface area contributed by atoms with Gasteiger partial charge in [0.15, 0.2) is 5.82 Å². The number of anilines is 2. The molecule has 2 N–H and O–H groups in total. The quantitative estimate of drug-likeness (QED) is 0.437. The zero-order valence-electron chi connectivity index (χ0n) is 18.3. The fourth-order valence-corrected chi connectivity index (χ4v) is 4.49. The molecule has 0 unspecified atom stereocenters. The van der Waals surface area contributed by atoms with E-state index in [1.807, 2.05) is 29.5 Å². The van der Waals surface area contributed by atoms with Crippen LogP contribution in [0.3, 0.4) is 0 Å². The van der Waals surface area contributed by atoms with Crippen molar-refractivity contribution in [3.63, 3.8) is 0 Å². The van der Waals surface area contributed by atoms with E-state index >= 15 is 0 Å². The second-order valence-corrected chi connectivity index (χ2v) is 9.66. The van der Waals surface area contributed by atoms with Crippen LogP contribution in [0, 0.1) is 0 Å². The molecular formula is C21H25N7O3S. The minimum absolute atomic E-state index is 0.143. The van der Waals surface area contributed by atoms with Crippen LogP contribution in [0.15, 0.2) is 52.2 Å². The van der Waals surface area contributed by atoms with Gasteiger partial charge in [0.1, 0.15) is 0 Å². The van der Waals surface area contributed by atoms with E-state index in [1.165, 1.54) is 23.0 Å². The Hall–Kier alpha value is -3.44. The van der Waals surface area contributed by atoms with Gasteiger partial charge in [-0.05, 0) is 37.3 Å². The third-order valence-corrected chi connectivity index (χ3v) is 7.08. The summed E-state index contributed by atoms with van der Waals surface area (Å²) in [5.74, 6) is 1.02. The van der Waals surface area contributed by atoms with Crippen molar-refractivity contribution in [2.75, 3.05) is 31.3 Å². The van der Waals surface area contributed by atoms with Crippen LogP contribution < -0.4 is 16.2 Å². The number of nitrogens with zero attached hydrogens (tertiary/aromatic N) is 5. The predicted molar refractivity (Wildman–Crippen MR) is 125 cm³/mol. The van der Waals surface area contributed by atoms with Crippen molar-refractivity contribution >= 4 is 38.1 Å². The zero-order valence-corrected chi connectivity index (χ0v) is 19.1. The minimum atomic E-state index is -3.58. The van der Waals surface area contributed by atoms with E-state index in [2.05, 4.69) is 20.8 Å². The van der Waals surface area contributed by atoms with Crippen molar-refractivity contribution in [1.29, 1.82) is 0 Å². The predicted octanol–water partition coefficient (Wildman–Crippen LogP) is 1.88. The molecule has 2 heterocycles. The SMILES string of the molecule is CCNc1ccc(S(=O)(=O)N(C)C)cc1NCc1nnc2n(C)c(=O)c3ccccc3n12. The van der Waals surface area contributed by atoms with E-state index in [-0.39, 0.29) is 17.0 Å². The maximum Gasteiger partial charge on any atom is 0.262 e. The summed E-state index contributed by atoms with van der Waals surface area (Å²) in [7, 11) is 1.08. The molecule has 2 aromatic heterocycles. The van der Waals surface area contributed by atoms with E-state index in [1.54, 1.807) is 31.3 Å². The first-order valence-electron chi connectivity index (χ1n) is 10.1. The third kappa shape index (κ3) is 3.59. The Morgan fingerprint density at radius 3 is 2.50 bits per heavy atom. The molecule has 32 heavy (non-hydrogen) atoms. The summed E-state index contributed by atoms with van der Waals surface area (Å²) in [6.45, 7) is 2.91. The van der Waals surface area contributed by atoms with Crippen molar-refractivity contribution in [3.8, 4) is 0 Å². The van der Waals surface area contributed by atoms with Gasteiger partial charge in [-0.15, -0.1) is 10.2 Å². The van der Waals surface area contributed by atoms with Crippen molar-refractivity contribution in [2.45, 2.75) is 18.4 Å². The fourth-order valence-electron chi connectivity index (χ4n) is 3.57. The molecule has 0 saturated heterocycles. The number of aryl methyl sites for hydroxylation is 1. The standard InChI is InChI=1S/C21H25N7O3S/c1-5-22-16-11-10-14(32(30,31)26(2)3)12-17(16)23-13-19-24-25-21-27(4)20(29)15-8-6-7-9-18(15)28(19)21/h6-12,22-23H,5,13H2,1-4H3. The van der Waals surface area contributed by atoms with Crippen LogP contribution in [0.1, 0.15) is 12.7 Å². The zero-order chi connectivity index (χ0) is 23.0.